The summed E-state index contributed by atoms with van der Waals surface area (Å²) in [4.78, 5) is 23.9. The summed E-state index contributed by atoms with van der Waals surface area (Å²) in [7, 11) is -3.62. The summed E-state index contributed by atoms with van der Waals surface area (Å²) >= 11 is 0. The largest absolute Gasteiger partial charge is 0.480 e. The van der Waals surface area contributed by atoms with Crippen molar-refractivity contribution in [3.05, 3.63) is 65.2 Å². The first-order valence-corrected chi connectivity index (χ1v) is 9.74. The smallest absolute Gasteiger partial charge is 0.326 e. The zero-order valence-corrected chi connectivity index (χ0v) is 15.4. The van der Waals surface area contributed by atoms with E-state index in [2.05, 4.69) is 5.32 Å². The third-order valence-electron chi connectivity index (χ3n) is 3.86. The predicted molar refractivity (Wildman–Crippen MR) is 97.9 cm³/mol. The molecule has 7 heteroatoms. The monoisotopic (exact) mass is 375 g/mol. The highest BCUT2D eigenvalue weighted by Crippen LogP contribution is 2.13. The van der Waals surface area contributed by atoms with Gasteiger partial charge < -0.3 is 10.4 Å². The van der Waals surface area contributed by atoms with Crippen LogP contribution in [0.15, 0.2) is 53.4 Å². The molecule has 26 heavy (non-hydrogen) atoms. The van der Waals surface area contributed by atoms with Gasteiger partial charge >= 0.3 is 5.97 Å². The van der Waals surface area contributed by atoms with Gasteiger partial charge in [0.05, 0.1) is 10.6 Å². The highest BCUT2D eigenvalue weighted by atomic mass is 32.2. The quantitative estimate of drug-likeness (QED) is 0.774. The molecule has 2 N–H and O–H groups in total. The van der Waals surface area contributed by atoms with Gasteiger partial charge in [0.2, 0.25) is 0 Å². The average Bonchev–Trinajstić information content (AvgIpc) is 2.58. The van der Waals surface area contributed by atoms with Crippen molar-refractivity contribution >= 4 is 21.7 Å². The number of carboxylic acids is 1. The minimum Gasteiger partial charge on any atom is -0.480 e. The Bertz CT molecular complexity index is 887. The van der Waals surface area contributed by atoms with E-state index < -0.39 is 27.8 Å². The topological polar surface area (TPSA) is 101 Å². The molecule has 0 aliphatic carbocycles. The Morgan fingerprint density at radius 3 is 2.15 bits per heavy atom. The molecule has 0 fully saturated rings. The Labute approximate surface area is 152 Å². The minimum absolute atomic E-state index is 0.129. The van der Waals surface area contributed by atoms with Gasteiger partial charge in [0, 0.05) is 5.56 Å². The average molecular weight is 375 g/mol. The first kappa shape index (κ1) is 19.7. The van der Waals surface area contributed by atoms with Crippen LogP contribution in [0.4, 0.5) is 0 Å². The number of nitrogens with one attached hydrogen (secondary N) is 1. The first-order valence-electron chi connectivity index (χ1n) is 8.09. The molecule has 0 aliphatic heterocycles. The lowest BCUT2D eigenvalue weighted by Crippen LogP contribution is -2.42. The Morgan fingerprint density at radius 1 is 1.04 bits per heavy atom. The zero-order valence-electron chi connectivity index (χ0n) is 14.6. The number of aryl methyl sites for hydroxylation is 2. The number of hydrogen-bond acceptors (Lipinski definition) is 4. The molecule has 1 atom stereocenters. The molecule has 1 amide bonds. The van der Waals surface area contributed by atoms with E-state index >= 15 is 0 Å². The number of hydrogen-bond donors (Lipinski definition) is 2. The summed E-state index contributed by atoms with van der Waals surface area (Å²) in [6.07, 6.45) is -0.219. The van der Waals surface area contributed by atoms with Crippen molar-refractivity contribution in [3.8, 4) is 0 Å². The van der Waals surface area contributed by atoms with Crippen LogP contribution in [0, 0.1) is 13.8 Å². The Morgan fingerprint density at radius 2 is 1.62 bits per heavy atom. The lowest BCUT2D eigenvalue weighted by atomic mass is 10.1. The summed E-state index contributed by atoms with van der Waals surface area (Å²) in [6.45, 7) is 3.68. The number of sulfone groups is 1. The molecular weight excluding hydrogens is 354 g/mol. The molecule has 0 aliphatic rings. The molecule has 6 nitrogen and oxygen atoms in total. The SMILES string of the molecule is Cc1cc(C)cc(C(=O)N[C@@H](CCS(=O)(=O)c2ccccc2)C(=O)O)c1. The van der Waals surface area contributed by atoms with Crippen LogP contribution in [0.25, 0.3) is 0 Å². The first-order chi connectivity index (χ1) is 12.2. The van der Waals surface area contributed by atoms with E-state index in [9.17, 15) is 23.1 Å². The summed E-state index contributed by atoms with van der Waals surface area (Å²) in [5, 5.41) is 11.7. The molecule has 0 aromatic heterocycles. The van der Waals surface area contributed by atoms with E-state index in [-0.39, 0.29) is 17.1 Å². The molecule has 2 aromatic rings. The summed E-state index contributed by atoms with van der Waals surface area (Å²) in [5.41, 5.74) is 2.11. The second kappa shape index (κ2) is 8.14. The molecule has 0 radical (unpaired) electrons. The predicted octanol–water partition coefficient (Wildman–Crippen LogP) is 2.35. The van der Waals surface area contributed by atoms with E-state index in [1.54, 1.807) is 30.3 Å². The van der Waals surface area contributed by atoms with Crippen molar-refractivity contribution in [2.45, 2.75) is 31.2 Å². The number of amides is 1. The molecule has 0 heterocycles. The van der Waals surface area contributed by atoms with E-state index in [0.717, 1.165) is 11.1 Å². The van der Waals surface area contributed by atoms with Crippen molar-refractivity contribution in [1.29, 1.82) is 0 Å². The van der Waals surface area contributed by atoms with Crippen molar-refractivity contribution in [2.75, 3.05) is 5.75 Å². The lowest BCUT2D eigenvalue weighted by Gasteiger charge is -2.15. The Hall–Kier alpha value is -2.67. The van der Waals surface area contributed by atoms with Gasteiger partial charge in [0.1, 0.15) is 6.04 Å². The highest BCUT2D eigenvalue weighted by Gasteiger charge is 2.24. The maximum absolute atomic E-state index is 12.3. The van der Waals surface area contributed by atoms with E-state index in [1.807, 2.05) is 19.9 Å². The summed E-state index contributed by atoms with van der Waals surface area (Å²) in [5.74, 6) is -2.19. The summed E-state index contributed by atoms with van der Waals surface area (Å²) in [6, 6.07) is 11.7. The number of carbonyl (C=O) groups is 2. The lowest BCUT2D eigenvalue weighted by molar-refractivity contribution is -0.139. The van der Waals surface area contributed by atoms with E-state index in [0.29, 0.717) is 5.56 Å². The molecule has 0 saturated heterocycles. The van der Waals surface area contributed by atoms with Gasteiger partial charge in [-0.05, 0) is 44.5 Å². The third kappa shape index (κ3) is 5.16. The summed E-state index contributed by atoms with van der Waals surface area (Å²) < 4.78 is 24.6. The van der Waals surface area contributed by atoms with E-state index in [1.165, 1.54) is 12.1 Å². The third-order valence-corrected chi connectivity index (χ3v) is 5.63. The zero-order chi connectivity index (χ0) is 19.3. The molecule has 138 valence electrons. The second-order valence-corrected chi connectivity index (χ2v) is 8.27. The van der Waals surface area contributed by atoms with Crippen molar-refractivity contribution < 1.29 is 23.1 Å². The van der Waals surface area contributed by atoms with Crippen LogP contribution >= 0.6 is 0 Å². The Kier molecular flexibility index (Phi) is 6.15. The molecular formula is C19H21NO5S. The van der Waals surface area contributed by atoms with Crippen molar-refractivity contribution in [3.63, 3.8) is 0 Å². The fourth-order valence-corrected chi connectivity index (χ4v) is 3.98. The number of carbonyl (C=O) groups excluding carboxylic acids is 1. The van der Waals surface area contributed by atoms with Gasteiger partial charge in [-0.2, -0.15) is 0 Å². The fourth-order valence-electron chi connectivity index (χ4n) is 2.62. The number of benzene rings is 2. The maximum Gasteiger partial charge on any atom is 0.326 e. The Balaban J connectivity index is 2.09. The fraction of sp³-hybridized carbons (Fsp3) is 0.263. The molecule has 2 aromatic carbocycles. The van der Waals surface area contributed by atoms with E-state index in [4.69, 9.17) is 0 Å². The number of rotatable bonds is 7. The molecule has 0 bridgehead atoms. The van der Waals surface area contributed by atoms with Gasteiger partial charge in [-0.3, -0.25) is 4.79 Å². The number of aliphatic carboxylic acids is 1. The van der Waals surface area contributed by atoms with Crippen molar-refractivity contribution in [2.24, 2.45) is 0 Å². The molecule has 0 saturated carbocycles. The van der Waals surface area contributed by atoms with Crippen LogP contribution < -0.4 is 5.32 Å². The van der Waals surface area contributed by atoms with Gasteiger partial charge in [-0.1, -0.05) is 35.4 Å². The van der Waals surface area contributed by atoms with Crippen LogP contribution in [-0.4, -0.2) is 37.2 Å². The van der Waals surface area contributed by atoms with Gasteiger partial charge in [-0.25, -0.2) is 13.2 Å². The molecule has 2 rings (SSSR count). The van der Waals surface area contributed by atoms with Crippen LogP contribution in [0.2, 0.25) is 0 Å². The number of carboxylic acid groups (broad SMARTS) is 1. The van der Waals surface area contributed by atoms with Gasteiger partial charge in [0.15, 0.2) is 9.84 Å². The van der Waals surface area contributed by atoms with Crippen LogP contribution in [0.5, 0.6) is 0 Å². The van der Waals surface area contributed by atoms with Gasteiger partial charge in [-0.15, -0.1) is 0 Å². The normalized spacial score (nSPS) is 12.4. The minimum atomic E-state index is -3.62. The van der Waals surface area contributed by atoms with Crippen molar-refractivity contribution in [1.82, 2.24) is 5.32 Å². The van der Waals surface area contributed by atoms with Crippen LogP contribution in [0.1, 0.15) is 27.9 Å². The maximum atomic E-state index is 12.3. The molecule has 0 unspecified atom stereocenters. The standard InChI is InChI=1S/C19H21NO5S/c1-13-10-14(2)12-15(11-13)18(21)20-17(19(22)23)8-9-26(24,25)16-6-4-3-5-7-16/h3-7,10-12,17H,8-9H2,1-2H3,(H,20,21)(H,22,23)/t17-/m0/s1. The molecule has 0 spiro atoms. The van der Waals surface area contributed by atoms with Gasteiger partial charge in [0.25, 0.3) is 5.91 Å². The van der Waals surface area contributed by atoms with Crippen LogP contribution in [-0.2, 0) is 14.6 Å². The second-order valence-electron chi connectivity index (χ2n) is 6.16. The van der Waals surface area contributed by atoms with Crippen LogP contribution in [0.3, 0.4) is 0 Å². The highest BCUT2D eigenvalue weighted by molar-refractivity contribution is 7.91.